The van der Waals surface area contributed by atoms with E-state index < -0.39 is 60.9 Å². The predicted octanol–water partition coefficient (Wildman–Crippen LogP) is 4.25. The molecule has 0 radical (unpaired) electrons. The standard InChI is InChI=1S/C27H29F5N4O2/c1-15-6-19-18-4-2-3-5-22(18)34-25(19)26(36(15)13-27(31,32)14-37)24-20(29)7-17(8-21(24)30)33-23(38)12-35-10-16(9-28)11-35/h2-5,7-8,15-16,26,34,37H,6,9-14H2,1H3,(H,33,38)/t15-,26-/m1/s1. The molecule has 11 heteroatoms. The third-order valence-electron chi connectivity index (χ3n) is 7.42. The first-order valence-electron chi connectivity index (χ1n) is 12.5. The van der Waals surface area contributed by atoms with Gasteiger partial charge in [0.2, 0.25) is 5.91 Å². The number of nitrogens with one attached hydrogen (secondary N) is 2. The van der Waals surface area contributed by atoms with E-state index in [0.29, 0.717) is 25.2 Å². The van der Waals surface area contributed by atoms with Crippen LogP contribution in [0.3, 0.4) is 0 Å². The number of alkyl halides is 3. The number of aliphatic hydroxyl groups is 1. The van der Waals surface area contributed by atoms with Crippen molar-refractivity contribution in [2.24, 2.45) is 5.92 Å². The van der Waals surface area contributed by atoms with Crippen LogP contribution in [0.1, 0.15) is 29.8 Å². The fourth-order valence-electron chi connectivity index (χ4n) is 5.61. The van der Waals surface area contributed by atoms with Crippen LogP contribution in [0.5, 0.6) is 0 Å². The van der Waals surface area contributed by atoms with E-state index in [1.165, 1.54) is 4.90 Å². The van der Waals surface area contributed by atoms with Gasteiger partial charge >= 0.3 is 0 Å². The van der Waals surface area contributed by atoms with Gasteiger partial charge in [0, 0.05) is 52.9 Å². The molecule has 2 atom stereocenters. The number of carbonyl (C=O) groups is 1. The Morgan fingerprint density at radius 1 is 1.18 bits per heavy atom. The summed E-state index contributed by atoms with van der Waals surface area (Å²) in [7, 11) is 0. The molecule has 204 valence electrons. The molecule has 0 bridgehead atoms. The second kappa shape index (κ2) is 10.3. The third-order valence-corrected chi connectivity index (χ3v) is 7.42. The maximum atomic E-state index is 15.6. The van der Waals surface area contributed by atoms with Gasteiger partial charge in [-0.1, -0.05) is 18.2 Å². The number of nitrogens with zero attached hydrogens (tertiary/aromatic N) is 2. The zero-order chi connectivity index (χ0) is 27.2. The lowest BCUT2D eigenvalue weighted by Crippen LogP contribution is -2.50. The normalized spacial score (nSPS) is 20.9. The molecule has 3 aromatic rings. The average Bonchev–Trinajstić information content (AvgIpc) is 3.20. The molecule has 1 amide bonds. The molecule has 3 N–H and O–H groups in total. The minimum absolute atomic E-state index is 0.0376. The molecule has 0 spiro atoms. The molecule has 2 aromatic carbocycles. The molecular formula is C27H29F5N4O2. The fraction of sp³-hybridized carbons (Fsp3) is 0.444. The maximum absolute atomic E-state index is 15.6. The highest BCUT2D eigenvalue weighted by molar-refractivity contribution is 5.92. The molecule has 6 nitrogen and oxygen atoms in total. The first kappa shape index (κ1) is 26.6. The number of fused-ring (bicyclic) bond motifs is 3. The van der Waals surface area contributed by atoms with E-state index in [2.05, 4.69) is 10.3 Å². The smallest absolute Gasteiger partial charge is 0.283 e. The highest BCUT2D eigenvalue weighted by atomic mass is 19.3. The molecule has 0 aliphatic carbocycles. The van der Waals surface area contributed by atoms with E-state index in [1.54, 1.807) is 24.0 Å². The summed E-state index contributed by atoms with van der Waals surface area (Å²) in [5, 5.41) is 12.5. The number of hydrogen-bond donors (Lipinski definition) is 3. The molecule has 38 heavy (non-hydrogen) atoms. The lowest BCUT2D eigenvalue weighted by Gasteiger charge is -2.42. The minimum Gasteiger partial charge on any atom is -0.390 e. The molecule has 1 fully saturated rings. The Labute approximate surface area is 216 Å². The van der Waals surface area contributed by atoms with Crippen LogP contribution in [0.2, 0.25) is 0 Å². The third kappa shape index (κ3) is 5.02. The topological polar surface area (TPSA) is 71.6 Å². The van der Waals surface area contributed by atoms with E-state index in [0.717, 1.165) is 28.6 Å². The highest BCUT2D eigenvalue weighted by Crippen LogP contribution is 2.43. The molecular weight excluding hydrogens is 507 g/mol. The number of aromatic amines is 1. The summed E-state index contributed by atoms with van der Waals surface area (Å²) in [6.07, 6.45) is 0.370. The first-order chi connectivity index (χ1) is 18.1. The van der Waals surface area contributed by atoms with Crippen LogP contribution in [0.25, 0.3) is 10.9 Å². The van der Waals surface area contributed by atoms with Gasteiger partial charge in [-0.3, -0.25) is 19.0 Å². The Hall–Kier alpha value is -3.02. The largest absolute Gasteiger partial charge is 0.390 e. The van der Waals surface area contributed by atoms with Crippen LogP contribution in [-0.2, 0) is 11.2 Å². The summed E-state index contributed by atoms with van der Waals surface area (Å²) < 4.78 is 72.7. The molecule has 3 heterocycles. The summed E-state index contributed by atoms with van der Waals surface area (Å²) >= 11 is 0. The van der Waals surface area contributed by atoms with Gasteiger partial charge in [-0.25, -0.2) is 17.6 Å². The van der Waals surface area contributed by atoms with Crippen LogP contribution in [-0.4, -0.2) is 77.2 Å². The second-order valence-electron chi connectivity index (χ2n) is 10.3. The minimum atomic E-state index is -3.49. The summed E-state index contributed by atoms with van der Waals surface area (Å²) in [6, 6.07) is 7.51. The molecule has 5 rings (SSSR count). The van der Waals surface area contributed by atoms with Crippen molar-refractivity contribution in [3.63, 3.8) is 0 Å². The van der Waals surface area contributed by atoms with Gasteiger partial charge in [-0.15, -0.1) is 0 Å². The van der Waals surface area contributed by atoms with Crippen molar-refractivity contribution in [3.05, 3.63) is 64.9 Å². The average molecular weight is 537 g/mol. The number of amides is 1. The summed E-state index contributed by atoms with van der Waals surface area (Å²) in [5.41, 5.74) is 1.39. The van der Waals surface area contributed by atoms with E-state index in [-0.39, 0.29) is 18.2 Å². The first-order valence-corrected chi connectivity index (χ1v) is 12.5. The SMILES string of the molecule is C[C@@H]1Cc2c([nH]c3ccccc23)[C@@H](c2c(F)cc(NC(=O)CN3CC(CF)C3)cc2F)N1CC(F)(F)CO. The Balaban J connectivity index is 1.50. The lowest BCUT2D eigenvalue weighted by atomic mass is 9.87. The van der Waals surface area contributed by atoms with Crippen LogP contribution in [0, 0.1) is 17.6 Å². The second-order valence-corrected chi connectivity index (χ2v) is 10.3. The van der Waals surface area contributed by atoms with Crippen molar-refractivity contribution < 1.29 is 31.9 Å². The number of hydrogen-bond acceptors (Lipinski definition) is 4. The lowest BCUT2D eigenvalue weighted by molar-refractivity contribution is -0.119. The number of rotatable bonds is 8. The Morgan fingerprint density at radius 2 is 1.87 bits per heavy atom. The van der Waals surface area contributed by atoms with Gasteiger partial charge < -0.3 is 15.4 Å². The van der Waals surface area contributed by atoms with Gasteiger partial charge in [0.05, 0.1) is 25.8 Å². The van der Waals surface area contributed by atoms with Crippen molar-refractivity contribution in [3.8, 4) is 0 Å². The number of halogens is 5. The molecule has 1 aromatic heterocycles. The summed E-state index contributed by atoms with van der Waals surface area (Å²) in [6.45, 7) is -0.226. The number of H-pyrrole nitrogens is 1. The van der Waals surface area contributed by atoms with E-state index in [4.69, 9.17) is 0 Å². The molecule has 0 unspecified atom stereocenters. The number of carbonyl (C=O) groups excluding carboxylic acids is 1. The van der Waals surface area contributed by atoms with Gasteiger partial charge in [0.1, 0.15) is 18.2 Å². The maximum Gasteiger partial charge on any atom is 0.283 e. The summed E-state index contributed by atoms with van der Waals surface area (Å²) in [4.78, 5) is 18.6. The monoisotopic (exact) mass is 536 g/mol. The Morgan fingerprint density at radius 3 is 2.53 bits per heavy atom. The number of aliphatic hydroxyl groups excluding tert-OH is 1. The summed E-state index contributed by atoms with van der Waals surface area (Å²) in [5.74, 6) is -6.09. The number of benzene rings is 2. The molecule has 2 aliphatic rings. The number of para-hydroxylation sites is 1. The van der Waals surface area contributed by atoms with Crippen molar-refractivity contribution in [2.75, 3.05) is 44.8 Å². The van der Waals surface area contributed by atoms with E-state index in [1.807, 2.05) is 12.1 Å². The van der Waals surface area contributed by atoms with Crippen molar-refractivity contribution in [2.45, 2.75) is 31.4 Å². The molecule has 0 saturated carbocycles. The Kier molecular flexibility index (Phi) is 7.19. The quantitative estimate of drug-likeness (QED) is 0.377. The fourth-order valence-corrected chi connectivity index (χ4v) is 5.61. The number of aromatic nitrogens is 1. The van der Waals surface area contributed by atoms with Crippen LogP contribution in [0.4, 0.5) is 27.6 Å². The Bertz CT molecular complexity index is 1320. The van der Waals surface area contributed by atoms with Crippen molar-refractivity contribution >= 4 is 22.5 Å². The molecule has 1 saturated heterocycles. The number of likely N-dealkylation sites (tertiary alicyclic amines) is 1. The van der Waals surface area contributed by atoms with E-state index in [9.17, 15) is 23.1 Å². The van der Waals surface area contributed by atoms with Gasteiger partial charge in [-0.05, 0) is 37.1 Å². The van der Waals surface area contributed by atoms with Crippen LogP contribution >= 0.6 is 0 Å². The number of anilines is 1. The van der Waals surface area contributed by atoms with Gasteiger partial charge in [-0.2, -0.15) is 0 Å². The van der Waals surface area contributed by atoms with Gasteiger partial charge in [0.15, 0.2) is 0 Å². The molecule has 2 aliphatic heterocycles. The van der Waals surface area contributed by atoms with Gasteiger partial charge in [0.25, 0.3) is 5.92 Å². The van der Waals surface area contributed by atoms with Crippen LogP contribution < -0.4 is 5.32 Å². The predicted molar refractivity (Wildman–Crippen MR) is 133 cm³/mol. The zero-order valence-corrected chi connectivity index (χ0v) is 20.8. The zero-order valence-electron chi connectivity index (χ0n) is 20.8. The van der Waals surface area contributed by atoms with E-state index >= 15 is 8.78 Å². The highest BCUT2D eigenvalue weighted by Gasteiger charge is 2.43. The van der Waals surface area contributed by atoms with Crippen molar-refractivity contribution in [1.29, 1.82) is 0 Å². The van der Waals surface area contributed by atoms with Crippen molar-refractivity contribution in [1.82, 2.24) is 14.8 Å². The van der Waals surface area contributed by atoms with Crippen LogP contribution in [0.15, 0.2) is 36.4 Å².